The maximum atomic E-state index is 10.0. The van der Waals surface area contributed by atoms with Crippen LogP contribution in [-0.2, 0) is 6.42 Å². The van der Waals surface area contributed by atoms with Gasteiger partial charge in [-0.2, -0.15) is 0 Å². The van der Waals surface area contributed by atoms with Crippen molar-refractivity contribution in [3.05, 3.63) is 50.4 Å². The Kier molecular flexibility index (Phi) is 3.82. The van der Waals surface area contributed by atoms with Gasteiger partial charge in [0.1, 0.15) is 0 Å². The summed E-state index contributed by atoms with van der Waals surface area (Å²) in [6.07, 6.45) is 3.05. The summed E-state index contributed by atoms with van der Waals surface area (Å²) in [6.45, 7) is 0. The number of aromatic nitrogens is 1. The summed E-state index contributed by atoms with van der Waals surface area (Å²) in [6, 6.07) is 3.58. The normalized spacial score (nSPS) is 12.7. The van der Waals surface area contributed by atoms with Gasteiger partial charge in [-0.25, -0.2) is 0 Å². The molecule has 1 atom stereocenters. The molecule has 84 valence electrons. The van der Waals surface area contributed by atoms with Crippen molar-refractivity contribution in [2.75, 3.05) is 0 Å². The molecule has 5 heteroatoms. The Morgan fingerprint density at radius 2 is 2.12 bits per heavy atom. The number of hydrogen-bond acceptors (Lipinski definition) is 3. The van der Waals surface area contributed by atoms with Crippen molar-refractivity contribution in [1.82, 2.24) is 4.98 Å². The van der Waals surface area contributed by atoms with Gasteiger partial charge in [0, 0.05) is 18.8 Å². The van der Waals surface area contributed by atoms with E-state index in [1.165, 1.54) is 11.3 Å². The van der Waals surface area contributed by atoms with Crippen molar-refractivity contribution < 1.29 is 5.11 Å². The zero-order chi connectivity index (χ0) is 11.5. The fourth-order valence-electron chi connectivity index (χ4n) is 1.41. The lowest BCUT2D eigenvalue weighted by atomic mass is 10.1. The monoisotopic (exact) mass is 273 g/mol. The van der Waals surface area contributed by atoms with Crippen LogP contribution >= 0.6 is 34.5 Å². The van der Waals surface area contributed by atoms with Crippen LogP contribution in [0.25, 0.3) is 0 Å². The molecular formula is C11H9Cl2NOS. The van der Waals surface area contributed by atoms with Crippen molar-refractivity contribution in [3.8, 4) is 0 Å². The van der Waals surface area contributed by atoms with Gasteiger partial charge in [-0.05, 0) is 23.1 Å². The average Bonchev–Trinajstić information content (AvgIpc) is 2.68. The quantitative estimate of drug-likeness (QED) is 0.925. The highest BCUT2D eigenvalue weighted by Gasteiger charge is 2.15. The lowest BCUT2D eigenvalue weighted by Crippen LogP contribution is -2.00. The Hall–Kier alpha value is -0.610. The summed E-state index contributed by atoms with van der Waals surface area (Å²) in [4.78, 5) is 4.67. The molecule has 2 rings (SSSR count). The Morgan fingerprint density at radius 1 is 1.31 bits per heavy atom. The van der Waals surface area contributed by atoms with Gasteiger partial charge in [-0.15, -0.1) is 11.3 Å². The third-order valence-corrected chi connectivity index (χ3v) is 4.02. The minimum absolute atomic E-state index is 0.446. The van der Waals surface area contributed by atoms with E-state index in [-0.39, 0.29) is 0 Å². The number of thiophene rings is 1. The molecule has 0 fully saturated rings. The number of rotatable bonds is 3. The third kappa shape index (κ3) is 2.55. The highest BCUT2D eigenvalue weighted by Crippen LogP contribution is 2.31. The van der Waals surface area contributed by atoms with E-state index < -0.39 is 6.10 Å². The van der Waals surface area contributed by atoms with E-state index in [9.17, 15) is 5.11 Å². The summed E-state index contributed by atoms with van der Waals surface area (Å²) in [5.74, 6) is 0. The second-order valence-electron chi connectivity index (χ2n) is 3.32. The average molecular weight is 274 g/mol. The summed E-state index contributed by atoms with van der Waals surface area (Å²) in [5.41, 5.74) is 0.869. The van der Waals surface area contributed by atoms with Crippen LogP contribution in [0.15, 0.2) is 29.9 Å². The first-order valence-corrected chi connectivity index (χ1v) is 6.31. The van der Waals surface area contributed by atoms with E-state index in [1.807, 2.05) is 5.38 Å². The predicted molar refractivity (Wildman–Crippen MR) is 67.2 cm³/mol. The zero-order valence-electron chi connectivity index (χ0n) is 8.23. The smallest absolute Gasteiger partial charge is 0.0937 e. The molecule has 0 aliphatic rings. The predicted octanol–water partition coefficient (Wildman–Crippen LogP) is 3.73. The highest BCUT2D eigenvalue weighted by molar-refractivity contribution is 7.10. The van der Waals surface area contributed by atoms with Crippen LogP contribution in [0.3, 0.4) is 0 Å². The van der Waals surface area contributed by atoms with Crippen molar-refractivity contribution >= 4 is 34.5 Å². The molecule has 1 unspecified atom stereocenters. The number of halogens is 2. The van der Waals surface area contributed by atoms with Gasteiger partial charge < -0.3 is 5.11 Å². The molecular weight excluding hydrogens is 265 g/mol. The van der Waals surface area contributed by atoms with Gasteiger partial charge >= 0.3 is 0 Å². The number of nitrogens with zero attached hydrogens (tertiary/aromatic N) is 1. The van der Waals surface area contributed by atoms with Gasteiger partial charge in [0.25, 0.3) is 0 Å². The summed E-state index contributed by atoms with van der Waals surface area (Å²) in [7, 11) is 0. The molecule has 0 radical (unpaired) electrons. The Balaban J connectivity index is 2.17. The molecule has 0 saturated heterocycles. The highest BCUT2D eigenvalue weighted by atomic mass is 35.5. The van der Waals surface area contributed by atoms with Crippen molar-refractivity contribution in [3.63, 3.8) is 0 Å². The summed E-state index contributed by atoms with van der Waals surface area (Å²) < 4.78 is 0. The number of hydrogen-bond donors (Lipinski definition) is 1. The minimum Gasteiger partial charge on any atom is -0.387 e. The van der Waals surface area contributed by atoms with E-state index in [2.05, 4.69) is 4.98 Å². The molecule has 2 heterocycles. The molecule has 0 spiro atoms. The van der Waals surface area contributed by atoms with Crippen molar-refractivity contribution in [2.45, 2.75) is 12.5 Å². The first-order valence-electron chi connectivity index (χ1n) is 4.68. The van der Waals surface area contributed by atoms with E-state index in [0.717, 1.165) is 10.4 Å². The number of aliphatic hydroxyl groups excluding tert-OH is 1. The molecule has 0 aromatic carbocycles. The van der Waals surface area contributed by atoms with Gasteiger partial charge in [-0.1, -0.05) is 23.2 Å². The fourth-order valence-corrected chi connectivity index (χ4v) is 2.78. The lowest BCUT2D eigenvalue weighted by molar-refractivity contribution is 0.182. The van der Waals surface area contributed by atoms with Crippen LogP contribution in [-0.4, -0.2) is 10.1 Å². The zero-order valence-corrected chi connectivity index (χ0v) is 10.6. The minimum atomic E-state index is -0.618. The van der Waals surface area contributed by atoms with Crippen molar-refractivity contribution in [2.24, 2.45) is 0 Å². The maximum Gasteiger partial charge on any atom is 0.0937 e. The fraction of sp³-hybridized carbons (Fsp3) is 0.182. The summed E-state index contributed by atoms with van der Waals surface area (Å²) >= 11 is 13.4. The first-order chi connectivity index (χ1) is 7.68. The van der Waals surface area contributed by atoms with E-state index in [1.54, 1.807) is 24.5 Å². The summed E-state index contributed by atoms with van der Waals surface area (Å²) in [5, 5.41) is 13.0. The molecule has 2 aromatic heterocycles. The van der Waals surface area contributed by atoms with E-state index in [4.69, 9.17) is 23.2 Å². The molecule has 0 aliphatic heterocycles. The van der Waals surface area contributed by atoms with Crippen LogP contribution in [0.2, 0.25) is 10.0 Å². The Morgan fingerprint density at radius 3 is 2.75 bits per heavy atom. The van der Waals surface area contributed by atoms with Gasteiger partial charge in [0.05, 0.1) is 21.0 Å². The second kappa shape index (κ2) is 5.15. The van der Waals surface area contributed by atoms with E-state index in [0.29, 0.717) is 16.5 Å². The maximum absolute atomic E-state index is 10.0. The lowest BCUT2D eigenvalue weighted by Gasteiger charge is -2.10. The van der Waals surface area contributed by atoms with Gasteiger partial charge in [-0.3, -0.25) is 4.98 Å². The molecule has 0 saturated carbocycles. The Bertz CT molecular complexity index is 486. The number of aliphatic hydroxyl groups is 1. The van der Waals surface area contributed by atoms with Crippen LogP contribution in [0, 0.1) is 0 Å². The van der Waals surface area contributed by atoms with Gasteiger partial charge in [0.15, 0.2) is 0 Å². The van der Waals surface area contributed by atoms with Crippen LogP contribution < -0.4 is 0 Å². The topological polar surface area (TPSA) is 33.1 Å². The van der Waals surface area contributed by atoms with E-state index >= 15 is 0 Å². The molecule has 0 aliphatic carbocycles. The molecule has 1 N–H and O–H groups in total. The van der Waals surface area contributed by atoms with Crippen LogP contribution in [0.1, 0.15) is 16.5 Å². The first kappa shape index (κ1) is 11.9. The number of pyridine rings is 1. The standard InChI is InChI=1S/C11H9Cl2NOS/c12-8-2-4-16-11(8)10(15)5-7-1-3-14-6-9(7)13/h1-4,6,10,15H,5H2. The van der Waals surface area contributed by atoms with Crippen LogP contribution in [0.4, 0.5) is 0 Å². The second-order valence-corrected chi connectivity index (χ2v) is 5.08. The van der Waals surface area contributed by atoms with Crippen molar-refractivity contribution in [1.29, 1.82) is 0 Å². The largest absolute Gasteiger partial charge is 0.387 e. The molecule has 2 aromatic rings. The van der Waals surface area contributed by atoms with Crippen LogP contribution in [0.5, 0.6) is 0 Å². The Labute approximate surface area is 107 Å². The van der Waals surface area contributed by atoms with Gasteiger partial charge in [0.2, 0.25) is 0 Å². The third-order valence-electron chi connectivity index (χ3n) is 2.22. The molecule has 0 bridgehead atoms. The molecule has 0 amide bonds. The SMILES string of the molecule is OC(Cc1ccncc1Cl)c1sccc1Cl. The molecule has 16 heavy (non-hydrogen) atoms. The molecule has 2 nitrogen and oxygen atoms in total.